The first-order valence-electron chi connectivity index (χ1n) is 9.65. The summed E-state index contributed by atoms with van der Waals surface area (Å²) in [6.07, 6.45) is 4.22. The van der Waals surface area contributed by atoms with Gasteiger partial charge >= 0.3 is 6.03 Å². The summed E-state index contributed by atoms with van der Waals surface area (Å²) in [7, 11) is 0. The van der Waals surface area contributed by atoms with Gasteiger partial charge in [0.15, 0.2) is 17.5 Å². The molecule has 0 unspecified atom stereocenters. The van der Waals surface area contributed by atoms with Crippen LogP contribution < -0.4 is 16.0 Å². The number of anilines is 1. The van der Waals surface area contributed by atoms with Gasteiger partial charge in [-0.25, -0.2) is 24.1 Å². The van der Waals surface area contributed by atoms with Gasteiger partial charge in [0.25, 0.3) is 0 Å². The largest absolute Gasteiger partial charge is 0.356 e. The zero-order chi connectivity index (χ0) is 22.0. The van der Waals surface area contributed by atoms with E-state index in [1.807, 2.05) is 0 Å². The lowest BCUT2D eigenvalue weighted by Gasteiger charge is -2.17. The van der Waals surface area contributed by atoms with E-state index in [9.17, 15) is 14.0 Å². The fourth-order valence-corrected chi connectivity index (χ4v) is 3.38. The van der Waals surface area contributed by atoms with Crippen molar-refractivity contribution in [1.29, 1.82) is 0 Å². The fraction of sp³-hybridized carbons (Fsp3) is 0.316. The van der Waals surface area contributed by atoms with E-state index in [4.69, 9.17) is 11.6 Å². The van der Waals surface area contributed by atoms with Gasteiger partial charge < -0.3 is 25.8 Å². The number of carbonyl (C=O) groups excluding carboxylic acids is 2. The van der Waals surface area contributed by atoms with E-state index in [0.717, 1.165) is 6.20 Å². The summed E-state index contributed by atoms with van der Waals surface area (Å²) in [6.45, 7) is 3.48. The smallest absolute Gasteiger partial charge is 0.317 e. The molecule has 4 heterocycles. The van der Waals surface area contributed by atoms with Gasteiger partial charge in [-0.15, -0.1) is 0 Å². The van der Waals surface area contributed by atoms with Crippen LogP contribution in [0, 0.1) is 5.82 Å². The maximum absolute atomic E-state index is 14.3. The Morgan fingerprint density at radius 3 is 3.00 bits per heavy atom. The zero-order valence-electron chi connectivity index (χ0n) is 16.6. The molecule has 12 heteroatoms. The number of fused-ring (bicyclic) bond motifs is 1. The minimum atomic E-state index is -0.760. The lowest BCUT2D eigenvalue weighted by atomic mass is 10.2. The predicted molar refractivity (Wildman–Crippen MR) is 113 cm³/mol. The number of hydrogen-bond donors (Lipinski definition) is 4. The van der Waals surface area contributed by atoms with Crippen LogP contribution in [0.4, 0.5) is 15.0 Å². The Morgan fingerprint density at radius 2 is 2.23 bits per heavy atom. The van der Waals surface area contributed by atoms with E-state index in [2.05, 4.69) is 35.9 Å². The summed E-state index contributed by atoms with van der Waals surface area (Å²) >= 11 is 6.03. The maximum atomic E-state index is 14.3. The average molecular weight is 447 g/mol. The second-order valence-corrected chi connectivity index (χ2v) is 7.45. The third-order valence-electron chi connectivity index (χ3n) is 4.86. The summed E-state index contributed by atoms with van der Waals surface area (Å²) in [4.78, 5) is 41.0. The van der Waals surface area contributed by atoms with E-state index >= 15 is 0 Å². The number of pyridine rings is 1. The van der Waals surface area contributed by atoms with Crippen LogP contribution in [0.3, 0.4) is 0 Å². The summed E-state index contributed by atoms with van der Waals surface area (Å²) in [6, 6.07) is 0.806. The molecule has 1 aliphatic heterocycles. The molecule has 3 amide bonds. The van der Waals surface area contributed by atoms with E-state index in [-0.39, 0.29) is 23.6 Å². The molecule has 1 aliphatic rings. The molecule has 162 valence electrons. The van der Waals surface area contributed by atoms with Gasteiger partial charge in [-0.2, -0.15) is 0 Å². The molecule has 1 atom stereocenters. The molecule has 4 rings (SSSR count). The third kappa shape index (κ3) is 4.50. The Hall–Kier alpha value is -3.47. The van der Waals surface area contributed by atoms with Crippen LogP contribution in [0.2, 0.25) is 5.02 Å². The van der Waals surface area contributed by atoms with E-state index < -0.39 is 11.9 Å². The van der Waals surface area contributed by atoms with Gasteiger partial charge in [-0.05, 0) is 13.0 Å². The summed E-state index contributed by atoms with van der Waals surface area (Å²) in [5.41, 5.74) is 1.20. The third-order valence-corrected chi connectivity index (χ3v) is 5.06. The van der Waals surface area contributed by atoms with Crippen LogP contribution >= 0.6 is 11.6 Å². The SMILES string of the molecule is C[C@H](Nc1nc(-c2c[nH]c3ncc(Cl)cc23)ncc1F)C(=O)NCCN1CCNC1=O. The minimum absolute atomic E-state index is 0.101. The number of H-pyrrole nitrogens is 1. The van der Waals surface area contributed by atoms with Crippen LogP contribution in [0.5, 0.6) is 0 Å². The minimum Gasteiger partial charge on any atom is -0.356 e. The number of carbonyl (C=O) groups is 2. The quantitative estimate of drug-likeness (QED) is 0.438. The number of aromatic nitrogens is 4. The molecule has 4 N–H and O–H groups in total. The normalized spacial score (nSPS) is 14.5. The highest BCUT2D eigenvalue weighted by atomic mass is 35.5. The lowest BCUT2D eigenvalue weighted by Crippen LogP contribution is -2.42. The molecule has 31 heavy (non-hydrogen) atoms. The van der Waals surface area contributed by atoms with Crippen molar-refractivity contribution in [2.45, 2.75) is 13.0 Å². The van der Waals surface area contributed by atoms with Gasteiger partial charge in [0.05, 0.1) is 11.2 Å². The van der Waals surface area contributed by atoms with Gasteiger partial charge in [-0.3, -0.25) is 4.79 Å². The van der Waals surface area contributed by atoms with Crippen LogP contribution in [-0.2, 0) is 4.79 Å². The molecule has 3 aromatic heterocycles. The number of nitrogens with one attached hydrogen (secondary N) is 4. The monoisotopic (exact) mass is 446 g/mol. The molecular formula is C19H20ClFN8O2. The van der Waals surface area contributed by atoms with Crippen molar-refractivity contribution < 1.29 is 14.0 Å². The maximum Gasteiger partial charge on any atom is 0.317 e. The molecule has 0 saturated carbocycles. The van der Waals surface area contributed by atoms with Crippen molar-refractivity contribution in [3.63, 3.8) is 0 Å². The highest BCUT2D eigenvalue weighted by Crippen LogP contribution is 2.28. The van der Waals surface area contributed by atoms with Crippen molar-refractivity contribution in [3.05, 3.63) is 35.5 Å². The van der Waals surface area contributed by atoms with Crippen molar-refractivity contribution in [2.75, 3.05) is 31.5 Å². The molecule has 0 bridgehead atoms. The van der Waals surface area contributed by atoms with Crippen molar-refractivity contribution in [1.82, 2.24) is 35.5 Å². The predicted octanol–water partition coefficient (Wildman–Crippen LogP) is 1.75. The molecule has 0 spiro atoms. The first kappa shape index (κ1) is 20.8. The summed E-state index contributed by atoms with van der Waals surface area (Å²) in [5.74, 6) is -0.877. The summed E-state index contributed by atoms with van der Waals surface area (Å²) < 4.78 is 14.3. The number of amides is 3. The van der Waals surface area contributed by atoms with Crippen molar-refractivity contribution in [3.8, 4) is 11.4 Å². The zero-order valence-corrected chi connectivity index (χ0v) is 17.3. The standard InChI is InChI=1S/C19H20ClFN8O2/c1-10(18(30)22-2-4-29-5-3-23-19(29)31)27-17-14(21)9-26-16(28-17)13-8-25-15-12(13)6-11(20)7-24-15/h6-10H,2-5H2,1H3,(H,22,30)(H,23,31)(H,24,25)(H,26,27,28)/t10-/m0/s1. The topological polar surface area (TPSA) is 128 Å². The summed E-state index contributed by atoms with van der Waals surface area (Å²) in [5, 5.41) is 9.34. The second kappa shape index (κ2) is 8.72. The Bertz CT molecular complexity index is 1140. The highest BCUT2D eigenvalue weighted by Gasteiger charge is 2.21. The number of urea groups is 1. The molecule has 10 nitrogen and oxygen atoms in total. The molecule has 1 saturated heterocycles. The number of rotatable bonds is 7. The van der Waals surface area contributed by atoms with E-state index in [1.165, 1.54) is 6.20 Å². The first-order chi connectivity index (χ1) is 14.9. The van der Waals surface area contributed by atoms with Gasteiger partial charge in [0.2, 0.25) is 5.91 Å². The van der Waals surface area contributed by atoms with Crippen LogP contribution in [0.15, 0.2) is 24.7 Å². The Morgan fingerprint density at radius 1 is 1.39 bits per heavy atom. The fourth-order valence-electron chi connectivity index (χ4n) is 3.22. The molecule has 0 aromatic carbocycles. The lowest BCUT2D eigenvalue weighted by molar-refractivity contribution is -0.121. The molecule has 0 aliphatic carbocycles. The Kier molecular flexibility index (Phi) is 5.85. The number of halogens is 2. The van der Waals surface area contributed by atoms with Crippen molar-refractivity contribution >= 4 is 40.4 Å². The Balaban J connectivity index is 1.43. The number of nitrogens with zero attached hydrogens (tertiary/aromatic N) is 4. The molecule has 0 radical (unpaired) electrons. The molecular weight excluding hydrogens is 427 g/mol. The van der Waals surface area contributed by atoms with Crippen LogP contribution in [-0.4, -0.2) is 69.0 Å². The van der Waals surface area contributed by atoms with Gasteiger partial charge in [0, 0.05) is 49.5 Å². The molecule has 3 aromatic rings. The van der Waals surface area contributed by atoms with Crippen molar-refractivity contribution in [2.24, 2.45) is 0 Å². The van der Waals surface area contributed by atoms with Gasteiger partial charge in [-0.1, -0.05) is 11.6 Å². The first-order valence-corrected chi connectivity index (χ1v) is 10.0. The average Bonchev–Trinajstić information content (AvgIpc) is 3.35. The highest BCUT2D eigenvalue weighted by molar-refractivity contribution is 6.31. The van der Waals surface area contributed by atoms with E-state index in [1.54, 1.807) is 24.1 Å². The molecule has 1 fully saturated rings. The van der Waals surface area contributed by atoms with E-state index in [0.29, 0.717) is 47.8 Å². The Labute approximate surface area is 181 Å². The number of hydrogen-bond acceptors (Lipinski definition) is 6. The number of aromatic amines is 1. The van der Waals surface area contributed by atoms with Gasteiger partial charge in [0.1, 0.15) is 11.7 Å². The van der Waals surface area contributed by atoms with Crippen LogP contribution in [0.25, 0.3) is 22.4 Å². The van der Waals surface area contributed by atoms with Crippen LogP contribution in [0.1, 0.15) is 6.92 Å². The second-order valence-electron chi connectivity index (χ2n) is 7.02.